The van der Waals surface area contributed by atoms with Gasteiger partial charge in [-0.05, 0) is 47.9 Å². The predicted octanol–water partition coefficient (Wildman–Crippen LogP) is 4.23. The van der Waals surface area contributed by atoms with Crippen LogP contribution < -0.4 is 14.8 Å². The highest BCUT2D eigenvalue weighted by atomic mass is 16.5. The Labute approximate surface area is 211 Å². The van der Waals surface area contributed by atoms with Crippen LogP contribution in [0.3, 0.4) is 0 Å². The van der Waals surface area contributed by atoms with Gasteiger partial charge in [-0.1, -0.05) is 42.5 Å². The van der Waals surface area contributed by atoms with E-state index in [1.165, 1.54) is 0 Å². The number of carbonyl (C=O) groups excluding carboxylic acids is 2. The van der Waals surface area contributed by atoms with Crippen molar-refractivity contribution >= 4 is 22.7 Å². The molecule has 0 bridgehead atoms. The fraction of sp³-hybridized carbons (Fsp3) is 0.241. The van der Waals surface area contributed by atoms with Crippen LogP contribution in [-0.4, -0.2) is 55.6 Å². The van der Waals surface area contributed by atoms with Crippen LogP contribution in [0.25, 0.3) is 10.9 Å². The third-order valence-electron chi connectivity index (χ3n) is 6.30. The first kappa shape index (κ1) is 24.9. The Morgan fingerprint density at radius 3 is 2.42 bits per heavy atom. The zero-order chi connectivity index (χ0) is 25.5. The molecule has 1 atom stereocenters. The number of aromatic amines is 1. The lowest BCUT2D eigenvalue weighted by Crippen LogP contribution is -2.49. The second-order valence-electron chi connectivity index (χ2n) is 8.65. The van der Waals surface area contributed by atoms with E-state index in [1.807, 2.05) is 54.7 Å². The number of nitrogens with one attached hydrogen (secondary N) is 2. The number of hydrogen-bond acceptors (Lipinski definition) is 4. The molecule has 4 rings (SSSR count). The lowest BCUT2D eigenvalue weighted by atomic mass is 10.0. The highest BCUT2D eigenvalue weighted by Crippen LogP contribution is 2.27. The number of amides is 2. The van der Waals surface area contributed by atoms with E-state index in [0.717, 1.165) is 22.0 Å². The van der Waals surface area contributed by atoms with E-state index in [0.29, 0.717) is 36.4 Å². The zero-order valence-corrected chi connectivity index (χ0v) is 20.8. The van der Waals surface area contributed by atoms with Crippen molar-refractivity contribution in [3.63, 3.8) is 0 Å². The first-order valence-corrected chi connectivity index (χ1v) is 11.9. The zero-order valence-electron chi connectivity index (χ0n) is 20.8. The van der Waals surface area contributed by atoms with Crippen molar-refractivity contribution in [1.29, 1.82) is 0 Å². The fourth-order valence-electron chi connectivity index (χ4n) is 4.26. The second-order valence-corrected chi connectivity index (χ2v) is 8.65. The van der Waals surface area contributed by atoms with Gasteiger partial charge >= 0.3 is 0 Å². The first-order chi connectivity index (χ1) is 17.5. The number of likely N-dealkylation sites (N-methyl/N-ethyl adjacent to an activating group) is 1. The second kappa shape index (κ2) is 11.4. The summed E-state index contributed by atoms with van der Waals surface area (Å²) in [5.41, 5.74) is 3.51. The number of methoxy groups -OCH3 is 2. The Hall–Kier alpha value is -4.26. The number of H-pyrrole nitrogens is 1. The van der Waals surface area contributed by atoms with Crippen LogP contribution in [-0.2, 0) is 17.6 Å². The summed E-state index contributed by atoms with van der Waals surface area (Å²) in [5, 5.41) is 4.01. The fourth-order valence-corrected chi connectivity index (χ4v) is 4.26. The van der Waals surface area contributed by atoms with Crippen molar-refractivity contribution in [2.75, 3.05) is 27.8 Å². The number of para-hydroxylation sites is 1. The number of hydrogen-bond donors (Lipinski definition) is 2. The number of aromatic nitrogens is 1. The Balaban J connectivity index is 1.51. The number of nitrogens with zero attached hydrogens (tertiary/aromatic N) is 1. The molecule has 0 spiro atoms. The molecule has 0 aliphatic heterocycles. The molecule has 0 fully saturated rings. The van der Waals surface area contributed by atoms with Crippen LogP contribution in [0.15, 0.2) is 79.0 Å². The predicted molar refractivity (Wildman–Crippen MR) is 141 cm³/mol. The summed E-state index contributed by atoms with van der Waals surface area (Å²) in [5.74, 6) is 0.886. The number of ether oxygens (including phenoxy) is 2. The van der Waals surface area contributed by atoms with E-state index in [2.05, 4.69) is 10.3 Å². The molecular weight excluding hydrogens is 454 g/mol. The van der Waals surface area contributed by atoms with Gasteiger partial charge < -0.3 is 24.7 Å². The van der Waals surface area contributed by atoms with Gasteiger partial charge in [0.25, 0.3) is 5.91 Å². The van der Waals surface area contributed by atoms with Crippen LogP contribution in [0, 0.1) is 0 Å². The van der Waals surface area contributed by atoms with E-state index < -0.39 is 6.04 Å². The van der Waals surface area contributed by atoms with Crippen LogP contribution >= 0.6 is 0 Å². The minimum absolute atomic E-state index is 0.148. The molecule has 1 unspecified atom stereocenters. The third kappa shape index (κ3) is 5.68. The molecule has 36 heavy (non-hydrogen) atoms. The molecule has 3 aromatic carbocycles. The maximum atomic E-state index is 13.6. The van der Waals surface area contributed by atoms with Crippen molar-refractivity contribution in [2.45, 2.75) is 18.9 Å². The van der Waals surface area contributed by atoms with Gasteiger partial charge in [0.15, 0.2) is 11.5 Å². The minimum atomic E-state index is -0.715. The molecule has 0 aliphatic carbocycles. The van der Waals surface area contributed by atoms with Gasteiger partial charge in [0.2, 0.25) is 5.91 Å². The van der Waals surface area contributed by atoms with Crippen molar-refractivity contribution in [3.8, 4) is 11.5 Å². The standard InChI is InChI=1S/C29H31N3O4/c1-32(16-15-20-13-14-26(35-2)27(17-20)36-3)29(34)25(31-28(33)21-9-5-4-6-10-21)18-22-19-30-24-12-8-7-11-23(22)24/h4-14,17,19,25,30H,15-16,18H2,1-3H3,(H,31,33). The minimum Gasteiger partial charge on any atom is -0.493 e. The summed E-state index contributed by atoms with van der Waals surface area (Å²) < 4.78 is 10.7. The van der Waals surface area contributed by atoms with E-state index in [-0.39, 0.29) is 11.8 Å². The SMILES string of the molecule is COc1ccc(CCN(C)C(=O)C(Cc2c[nH]c3ccccc23)NC(=O)c2ccccc2)cc1OC. The van der Waals surface area contributed by atoms with Crippen molar-refractivity contribution in [3.05, 3.63) is 95.7 Å². The summed E-state index contributed by atoms with van der Waals surface area (Å²) in [6, 6.07) is 21.9. The van der Waals surface area contributed by atoms with Crippen LogP contribution in [0.5, 0.6) is 11.5 Å². The lowest BCUT2D eigenvalue weighted by molar-refractivity contribution is -0.131. The Morgan fingerprint density at radius 1 is 0.944 bits per heavy atom. The number of carbonyl (C=O) groups is 2. The van der Waals surface area contributed by atoms with Crippen molar-refractivity contribution < 1.29 is 19.1 Å². The van der Waals surface area contributed by atoms with Crippen LogP contribution in [0.4, 0.5) is 0 Å². The molecule has 0 saturated carbocycles. The van der Waals surface area contributed by atoms with Gasteiger partial charge in [-0.2, -0.15) is 0 Å². The molecule has 2 N–H and O–H groups in total. The molecule has 7 heteroatoms. The van der Waals surface area contributed by atoms with Gasteiger partial charge in [0.05, 0.1) is 14.2 Å². The highest BCUT2D eigenvalue weighted by molar-refractivity contribution is 5.97. The van der Waals surface area contributed by atoms with Gasteiger partial charge in [-0.15, -0.1) is 0 Å². The van der Waals surface area contributed by atoms with Gasteiger partial charge in [0.1, 0.15) is 6.04 Å². The smallest absolute Gasteiger partial charge is 0.251 e. The maximum absolute atomic E-state index is 13.6. The molecule has 0 saturated heterocycles. The van der Waals surface area contributed by atoms with E-state index in [4.69, 9.17) is 9.47 Å². The summed E-state index contributed by atoms with van der Waals surface area (Å²) in [6.07, 6.45) is 2.92. The molecular formula is C29H31N3O4. The Bertz CT molecular complexity index is 1330. The molecule has 4 aromatic rings. The number of benzene rings is 3. The molecule has 2 amide bonds. The summed E-state index contributed by atoms with van der Waals surface area (Å²) in [4.78, 5) is 31.5. The number of rotatable bonds is 10. The quantitative estimate of drug-likeness (QED) is 0.352. The van der Waals surface area contributed by atoms with E-state index in [9.17, 15) is 9.59 Å². The molecule has 186 valence electrons. The summed E-state index contributed by atoms with van der Waals surface area (Å²) in [6.45, 7) is 0.486. The average molecular weight is 486 g/mol. The number of fused-ring (bicyclic) bond motifs is 1. The van der Waals surface area contributed by atoms with Crippen LogP contribution in [0.2, 0.25) is 0 Å². The molecule has 7 nitrogen and oxygen atoms in total. The monoisotopic (exact) mass is 485 g/mol. The maximum Gasteiger partial charge on any atom is 0.251 e. The summed E-state index contributed by atoms with van der Waals surface area (Å²) in [7, 11) is 4.96. The molecule has 1 heterocycles. The lowest BCUT2D eigenvalue weighted by Gasteiger charge is -2.25. The topological polar surface area (TPSA) is 83.7 Å². The molecule has 0 radical (unpaired) electrons. The molecule has 1 aromatic heterocycles. The largest absolute Gasteiger partial charge is 0.493 e. The van der Waals surface area contributed by atoms with Gasteiger partial charge in [0, 0.05) is 42.7 Å². The Kier molecular flexibility index (Phi) is 7.90. The summed E-state index contributed by atoms with van der Waals surface area (Å²) >= 11 is 0. The third-order valence-corrected chi connectivity index (χ3v) is 6.30. The normalized spacial score (nSPS) is 11.6. The Morgan fingerprint density at radius 2 is 1.67 bits per heavy atom. The van der Waals surface area contributed by atoms with Crippen molar-refractivity contribution in [2.24, 2.45) is 0 Å². The highest BCUT2D eigenvalue weighted by Gasteiger charge is 2.26. The van der Waals surface area contributed by atoms with Gasteiger partial charge in [-0.3, -0.25) is 9.59 Å². The first-order valence-electron chi connectivity index (χ1n) is 11.9. The van der Waals surface area contributed by atoms with Gasteiger partial charge in [-0.25, -0.2) is 0 Å². The average Bonchev–Trinajstić information content (AvgIpc) is 3.33. The molecule has 0 aliphatic rings. The van der Waals surface area contributed by atoms with Crippen molar-refractivity contribution in [1.82, 2.24) is 15.2 Å². The van der Waals surface area contributed by atoms with E-state index in [1.54, 1.807) is 50.4 Å². The van der Waals surface area contributed by atoms with Crippen LogP contribution in [0.1, 0.15) is 21.5 Å². The van der Waals surface area contributed by atoms with E-state index >= 15 is 0 Å².